The Hall–Kier alpha value is -3.94. The van der Waals surface area contributed by atoms with Gasteiger partial charge < -0.3 is 30.4 Å². The highest BCUT2D eigenvalue weighted by Gasteiger charge is 2.08. The van der Waals surface area contributed by atoms with E-state index < -0.39 is 23.8 Å². The third-order valence-corrected chi connectivity index (χ3v) is 3.18. The summed E-state index contributed by atoms with van der Waals surface area (Å²) in [5, 5.41) is 26.9. The lowest BCUT2D eigenvalue weighted by Crippen LogP contribution is -2.20. The first-order valence-electron chi connectivity index (χ1n) is 7.28. The first-order valence-corrected chi connectivity index (χ1v) is 7.28. The van der Waals surface area contributed by atoms with Gasteiger partial charge in [-0.25, -0.2) is 0 Å². The lowest BCUT2D eigenvalue weighted by Gasteiger charge is -2.11. The summed E-state index contributed by atoms with van der Waals surface area (Å²) in [6, 6.07) is 9.86. The van der Waals surface area contributed by atoms with E-state index in [1.165, 1.54) is 0 Å². The molecule has 0 radical (unpaired) electrons. The lowest BCUT2D eigenvalue weighted by molar-refractivity contribution is -0.298. The Labute approximate surface area is 147 Å². The predicted molar refractivity (Wildman–Crippen MR) is 89.5 cm³/mol. The molecule has 0 unspecified atom stereocenters. The van der Waals surface area contributed by atoms with Crippen LogP contribution in [0.5, 0.6) is 0 Å². The fourth-order valence-corrected chi connectivity index (χ4v) is 2.16. The van der Waals surface area contributed by atoms with Crippen molar-refractivity contribution in [2.75, 3.05) is 10.6 Å². The van der Waals surface area contributed by atoms with E-state index in [1.54, 1.807) is 36.4 Å². The van der Waals surface area contributed by atoms with Gasteiger partial charge in [0.15, 0.2) is 0 Å². The summed E-state index contributed by atoms with van der Waals surface area (Å²) in [5.41, 5.74) is 0.800. The minimum absolute atomic E-state index is 0.400. The Morgan fingerprint density at radius 1 is 0.654 bits per heavy atom. The van der Waals surface area contributed by atoms with Crippen LogP contribution in [0.15, 0.2) is 60.7 Å². The van der Waals surface area contributed by atoms with E-state index in [-0.39, 0.29) is 0 Å². The zero-order valence-electron chi connectivity index (χ0n) is 13.2. The number of carboxylic acids is 2. The molecule has 2 aromatic carbocycles. The number of aliphatic carboxylic acids is 2. The summed E-state index contributed by atoms with van der Waals surface area (Å²) in [6.45, 7) is 0. The zero-order chi connectivity index (χ0) is 19.1. The van der Waals surface area contributed by atoms with Gasteiger partial charge in [-0.05, 0) is 24.3 Å². The second kappa shape index (κ2) is 8.25. The number of benzene rings is 2. The fraction of sp³-hybridized carbons (Fsp3) is 0. The standard InChI is InChI=1S/C18H14N2O6/c21-15(7-9-17(23)24)19-13-5-1-3-11-12(13)4-2-6-14(11)20-16(22)8-10-18(25)26/h1-10H,(H,19,21)(H,20,22)(H,23,24)(H,25,26)/p-2/b9-7+,10-8+. The van der Waals surface area contributed by atoms with Gasteiger partial charge in [0.05, 0.1) is 11.9 Å². The molecule has 0 bridgehead atoms. The van der Waals surface area contributed by atoms with Gasteiger partial charge >= 0.3 is 0 Å². The number of hydrogen-bond acceptors (Lipinski definition) is 6. The number of amides is 2. The summed E-state index contributed by atoms with van der Waals surface area (Å²) in [4.78, 5) is 44.2. The van der Waals surface area contributed by atoms with Crippen molar-refractivity contribution in [2.45, 2.75) is 0 Å². The van der Waals surface area contributed by atoms with Crippen molar-refractivity contribution in [1.82, 2.24) is 0 Å². The van der Waals surface area contributed by atoms with Crippen LogP contribution in [0, 0.1) is 0 Å². The van der Waals surface area contributed by atoms with E-state index in [4.69, 9.17) is 0 Å². The van der Waals surface area contributed by atoms with E-state index in [2.05, 4.69) is 10.6 Å². The fourth-order valence-electron chi connectivity index (χ4n) is 2.16. The number of anilines is 2. The SMILES string of the molecule is O=C([O-])/C=C/C(=O)Nc1cccc2c(NC(=O)/C=C/C(=O)[O-])cccc12. The molecule has 8 heteroatoms. The molecule has 2 rings (SSSR count). The Kier molecular flexibility index (Phi) is 5.83. The summed E-state index contributed by atoms with van der Waals surface area (Å²) in [7, 11) is 0. The Bertz CT molecular complexity index is 869. The summed E-state index contributed by atoms with van der Waals surface area (Å²) >= 11 is 0. The second-order valence-electron chi connectivity index (χ2n) is 4.99. The van der Waals surface area contributed by atoms with Crippen LogP contribution in [0.1, 0.15) is 0 Å². The molecule has 0 aromatic heterocycles. The van der Waals surface area contributed by atoms with Crippen molar-refractivity contribution in [1.29, 1.82) is 0 Å². The van der Waals surface area contributed by atoms with Crippen LogP contribution in [0.3, 0.4) is 0 Å². The highest BCUT2D eigenvalue weighted by molar-refractivity contribution is 6.12. The molecule has 2 aromatic rings. The van der Waals surface area contributed by atoms with Crippen LogP contribution in [-0.2, 0) is 19.2 Å². The van der Waals surface area contributed by atoms with Crippen LogP contribution in [0.2, 0.25) is 0 Å². The zero-order valence-corrected chi connectivity index (χ0v) is 13.2. The number of nitrogens with one attached hydrogen (secondary N) is 2. The van der Waals surface area contributed by atoms with Crippen molar-refractivity contribution in [2.24, 2.45) is 0 Å². The van der Waals surface area contributed by atoms with Crippen molar-refractivity contribution < 1.29 is 29.4 Å². The number of carboxylic acid groups (broad SMARTS) is 2. The van der Waals surface area contributed by atoms with Crippen LogP contribution < -0.4 is 20.8 Å². The van der Waals surface area contributed by atoms with Gasteiger partial charge in [-0.15, -0.1) is 0 Å². The maximum absolute atomic E-state index is 11.7. The van der Waals surface area contributed by atoms with Crippen molar-refractivity contribution >= 4 is 45.9 Å². The number of rotatable bonds is 6. The molecule has 26 heavy (non-hydrogen) atoms. The normalized spacial score (nSPS) is 10.9. The molecule has 0 saturated heterocycles. The summed E-state index contributed by atoms with van der Waals surface area (Å²) in [6.07, 6.45) is 2.86. The van der Waals surface area contributed by atoms with E-state index in [0.717, 1.165) is 12.2 Å². The molecule has 0 saturated carbocycles. The van der Waals surface area contributed by atoms with Gasteiger partial charge in [0.25, 0.3) is 0 Å². The number of carbonyl (C=O) groups excluding carboxylic acids is 4. The van der Waals surface area contributed by atoms with Gasteiger partial charge in [-0.2, -0.15) is 0 Å². The number of hydrogen-bond donors (Lipinski definition) is 2. The van der Waals surface area contributed by atoms with Gasteiger partial charge in [0.2, 0.25) is 11.8 Å². The Morgan fingerprint density at radius 2 is 1.04 bits per heavy atom. The summed E-state index contributed by atoms with van der Waals surface area (Å²) < 4.78 is 0. The average molecular weight is 352 g/mol. The van der Waals surface area contributed by atoms with E-state index >= 15 is 0 Å². The molecule has 0 atom stereocenters. The molecule has 0 fully saturated rings. The highest BCUT2D eigenvalue weighted by atomic mass is 16.4. The Balaban J connectivity index is 2.30. The van der Waals surface area contributed by atoms with Crippen molar-refractivity contribution in [3.05, 3.63) is 60.7 Å². The smallest absolute Gasteiger partial charge is 0.248 e. The first kappa shape index (κ1) is 18.4. The molecule has 0 aliphatic heterocycles. The largest absolute Gasteiger partial charge is 0.545 e. The topological polar surface area (TPSA) is 138 Å². The number of fused-ring (bicyclic) bond motifs is 1. The quantitative estimate of drug-likeness (QED) is 0.661. The first-order chi connectivity index (χ1) is 12.4. The maximum Gasteiger partial charge on any atom is 0.248 e. The minimum Gasteiger partial charge on any atom is -0.545 e. The van der Waals surface area contributed by atoms with Gasteiger partial charge in [-0.1, -0.05) is 24.3 Å². The van der Waals surface area contributed by atoms with Gasteiger partial charge in [0.1, 0.15) is 0 Å². The summed E-state index contributed by atoms with van der Waals surface area (Å²) in [5.74, 6) is -4.30. The average Bonchev–Trinajstić information content (AvgIpc) is 2.59. The molecule has 2 N–H and O–H groups in total. The molecular weight excluding hydrogens is 340 g/mol. The van der Waals surface area contributed by atoms with E-state index in [1.807, 2.05) is 0 Å². The van der Waals surface area contributed by atoms with Gasteiger partial charge in [-0.3, -0.25) is 9.59 Å². The lowest BCUT2D eigenvalue weighted by atomic mass is 10.1. The van der Waals surface area contributed by atoms with Crippen LogP contribution in [0.4, 0.5) is 11.4 Å². The second-order valence-corrected chi connectivity index (χ2v) is 4.99. The number of carbonyl (C=O) groups is 4. The monoisotopic (exact) mass is 352 g/mol. The molecular formula is C18H12N2O6-2. The maximum atomic E-state index is 11.7. The minimum atomic E-state index is -1.49. The molecule has 0 spiro atoms. The van der Waals surface area contributed by atoms with E-state index in [9.17, 15) is 29.4 Å². The van der Waals surface area contributed by atoms with Gasteiger partial charge in [0, 0.05) is 34.3 Å². The predicted octanol–water partition coefficient (Wildman–Crippen LogP) is -0.671. The highest BCUT2D eigenvalue weighted by Crippen LogP contribution is 2.29. The van der Waals surface area contributed by atoms with E-state index in [0.29, 0.717) is 34.3 Å². The van der Waals surface area contributed by atoms with Crippen molar-refractivity contribution in [3.8, 4) is 0 Å². The van der Waals surface area contributed by atoms with Crippen LogP contribution in [-0.4, -0.2) is 23.8 Å². The Morgan fingerprint density at radius 3 is 1.38 bits per heavy atom. The molecule has 0 aliphatic carbocycles. The molecule has 8 nitrogen and oxygen atoms in total. The molecule has 0 heterocycles. The van der Waals surface area contributed by atoms with Crippen LogP contribution >= 0.6 is 0 Å². The third kappa shape index (κ3) is 5.03. The van der Waals surface area contributed by atoms with Crippen molar-refractivity contribution in [3.63, 3.8) is 0 Å². The molecule has 0 aliphatic rings. The van der Waals surface area contributed by atoms with Crippen LogP contribution in [0.25, 0.3) is 10.8 Å². The third-order valence-electron chi connectivity index (χ3n) is 3.18. The molecule has 2 amide bonds. The molecule has 132 valence electrons.